The molecular formula is C14H16BNO7S. The number of carbonyl (C=O) groups is 3. The molecule has 0 saturated carbocycles. The smallest absolute Gasteiger partial charge is 0.478 e. The lowest BCUT2D eigenvalue weighted by molar-refractivity contribution is -0.136. The fourth-order valence-corrected chi connectivity index (χ4v) is 3.11. The Morgan fingerprint density at radius 3 is 2.67 bits per heavy atom. The summed E-state index contributed by atoms with van der Waals surface area (Å²) < 4.78 is 5.19. The Labute approximate surface area is 141 Å². The lowest BCUT2D eigenvalue weighted by Gasteiger charge is -2.31. The summed E-state index contributed by atoms with van der Waals surface area (Å²) in [7, 11) is -1.41. The molecule has 1 aromatic heterocycles. The maximum absolute atomic E-state index is 11.9. The van der Waals surface area contributed by atoms with Crippen LogP contribution in [0.4, 0.5) is 0 Å². The van der Waals surface area contributed by atoms with E-state index < -0.39 is 36.7 Å². The van der Waals surface area contributed by atoms with Crippen LogP contribution >= 0.6 is 11.3 Å². The third-order valence-electron chi connectivity index (χ3n) is 3.55. The normalized spacial score (nSPS) is 21.4. The Morgan fingerprint density at radius 2 is 2.12 bits per heavy atom. The van der Waals surface area contributed by atoms with E-state index in [2.05, 4.69) is 5.32 Å². The van der Waals surface area contributed by atoms with E-state index in [4.69, 9.17) is 14.9 Å². The van der Waals surface area contributed by atoms with Crippen molar-refractivity contribution < 1.29 is 34.3 Å². The molecule has 2 unspecified atom stereocenters. The fraction of sp³-hybridized carbons (Fsp3) is 0.357. The molecule has 1 fully saturated rings. The maximum Gasteiger partial charge on any atom is 0.478 e. The number of hydrogen-bond acceptors (Lipinski definition) is 6. The minimum atomic E-state index is -1.42. The van der Waals surface area contributed by atoms with Gasteiger partial charge in [0.05, 0.1) is 24.0 Å². The predicted octanol–water partition coefficient (Wildman–Crippen LogP) is 0.0697. The summed E-state index contributed by atoms with van der Waals surface area (Å²) in [5, 5.41) is 34.1. The Hall–Kier alpha value is -2.17. The van der Waals surface area contributed by atoms with Gasteiger partial charge in [0.2, 0.25) is 5.91 Å². The van der Waals surface area contributed by atoms with Crippen molar-refractivity contribution >= 4 is 36.3 Å². The van der Waals surface area contributed by atoms with Gasteiger partial charge in [-0.1, -0.05) is 0 Å². The molecule has 0 aliphatic carbocycles. The molecule has 128 valence electrons. The van der Waals surface area contributed by atoms with Crippen LogP contribution in [-0.4, -0.2) is 52.2 Å². The Balaban J connectivity index is 1.93. The van der Waals surface area contributed by atoms with Crippen molar-refractivity contribution in [3.8, 4) is 0 Å². The van der Waals surface area contributed by atoms with Crippen LogP contribution in [0.2, 0.25) is 0 Å². The molecule has 2 atom stereocenters. The molecule has 0 bridgehead atoms. The second-order valence-electron chi connectivity index (χ2n) is 5.32. The van der Waals surface area contributed by atoms with Gasteiger partial charge in [0.15, 0.2) is 0 Å². The number of hydrogen-bond donors (Lipinski definition) is 4. The van der Waals surface area contributed by atoms with Gasteiger partial charge in [-0.25, -0.2) is 9.59 Å². The molecule has 8 nitrogen and oxygen atoms in total. The average Bonchev–Trinajstić information content (AvgIpc) is 2.99. The zero-order chi connectivity index (χ0) is 17.7. The quantitative estimate of drug-likeness (QED) is 0.420. The summed E-state index contributed by atoms with van der Waals surface area (Å²) in [6.45, 7) is 0. The van der Waals surface area contributed by atoms with E-state index in [1.54, 1.807) is 0 Å². The van der Waals surface area contributed by atoms with Gasteiger partial charge in [-0.15, -0.1) is 0 Å². The molecule has 1 aliphatic heterocycles. The predicted molar refractivity (Wildman–Crippen MR) is 85.4 cm³/mol. The molecule has 1 aromatic rings. The molecule has 10 heteroatoms. The molecule has 1 aliphatic rings. The van der Waals surface area contributed by atoms with Crippen LogP contribution in [0.25, 0.3) is 0 Å². The first-order chi connectivity index (χ1) is 11.4. The average molecular weight is 353 g/mol. The Morgan fingerprint density at radius 1 is 1.38 bits per heavy atom. The van der Waals surface area contributed by atoms with Crippen LogP contribution in [0, 0.1) is 0 Å². The van der Waals surface area contributed by atoms with Gasteiger partial charge in [-0.2, -0.15) is 11.3 Å². The van der Waals surface area contributed by atoms with Crippen molar-refractivity contribution in [1.82, 2.24) is 5.32 Å². The van der Waals surface area contributed by atoms with Gasteiger partial charge in [-0.3, -0.25) is 4.79 Å². The zero-order valence-electron chi connectivity index (χ0n) is 12.5. The molecule has 2 heterocycles. The van der Waals surface area contributed by atoms with Gasteiger partial charge in [-0.05, 0) is 35.2 Å². The first kappa shape index (κ1) is 18.2. The third kappa shape index (κ3) is 4.92. The highest BCUT2D eigenvalue weighted by Gasteiger charge is 2.38. The molecular weight excluding hydrogens is 337 g/mol. The third-order valence-corrected chi connectivity index (χ3v) is 4.28. The zero-order valence-corrected chi connectivity index (χ0v) is 13.4. The SMILES string of the molecule is O=C(O)C=C(C(=O)O)C1CCC(NC(=O)Cc2ccsc2)B(O)O1. The van der Waals surface area contributed by atoms with Gasteiger partial charge in [0.25, 0.3) is 0 Å². The summed E-state index contributed by atoms with van der Waals surface area (Å²) >= 11 is 1.48. The summed E-state index contributed by atoms with van der Waals surface area (Å²) in [6, 6.07) is 1.82. The first-order valence-electron chi connectivity index (χ1n) is 7.18. The second kappa shape index (κ2) is 8.09. The van der Waals surface area contributed by atoms with Crippen molar-refractivity contribution in [3.63, 3.8) is 0 Å². The van der Waals surface area contributed by atoms with Crippen molar-refractivity contribution in [2.45, 2.75) is 31.3 Å². The number of carboxylic acids is 2. The van der Waals surface area contributed by atoms with Gasteiger partial charge < -0.3 is 25.2 Å². The molecule has 4 N–H and O–H groups in total. The topological polar surface area (TPSA) is 133 Å². The fourth-order valence-electron chi connectivity index (χ4n) is 2.44. The van der Waals surface area contributed by atoms with Crippen LogP contribution in [0.1, 0.15) is 18.4 Å². The monoisotopic (exact) mass is 353 g/mol. The molecule has 2 rings (SSSR count). The van der Waals surface area contributed by atoms with E-state index in [0.29, 0.717) is 6.08 Å². The number of carbonyl (C=O) groups excluding carboxylic acids is 1. The highest BCUT2D eigenvalue weighted by Crippen LogP contribution is 2.22. The summed E-state index contributed by atoms with van der Waals surface area (Å²) in [5.74, 6) is -3.78. The van der Waals surface area contributed by atoms with Crippen LogP contribution in [0.15, 0.2) is 28.5 Å². The lowest BCUT2D eigenvalue weighted by atomic mass is 9.71. The molecule has 0 spiro atoms. The van der Waals surface area contributed by atoms with Crippen molar-refractivity contribution in [3.05, 3.63) is 34.0 Å². The minimum absolute atomic E-state index is 0.172. The summed E-state index contributed by atoms with van der Waals surface area (Å²) in [4.78, 5) is 33.7. The van der Waals surface area contributed by atoms with E-state index in [1.807, 2.05) is 16.8 Å². The van der Waals surface area contributed by atoms with E-state index in [-0.39, 0.29) is 25.2 Å². The molecule has 0 aromatic carbocycles. The summed E-state index contributed by atoms with van der Waals surface area (Å²) in [6.07, 6.45) is 0.126. The van der Waals surface area contributed by atoms with E-state index in [0.717, 1.165) is 5.56 Å². The molecule has 1 saturated heterocycles. The van der Waals surface area contributed by atoms with Gasteiger partial charge in [0.1, 0.15) is 0 Å². The summed E-state index contributed by atoms with van der Waals surface area (Å²) in [5.41, 5.74) is 0.420. The molecule has 0 radical (unpaired) electrons. The Bertz CT molecular complexity index is 646. The highest BCUT2D eigenvalue weighted by molar-refractivity contribution is 7.08. The second-order valence-corrected chi connectivity index (χ2v) is 6.10. The highest BCUT2D eigenvalue weighted by atomic mass is 32.1. The minimum Gasteiger partial charge on any atom is -0.478 e. The van der Waals surface area contributed by atoms with E-state index >= 15 is 0 Å². The number of carboxylic acid groups (broad SMARTS) is 2. The largest absolute Gasteiger partial charge is 0.478 e. The number of aliphatic carboxylic acids is 2. The van der Waals surface area contributed by atoms with Crippen LogP contribution in [0.5, 0.6) is 0 Å². The number of nitrogens with one attached hydrogen (secondary N) is 1. The molecule has 1 amide bonds. The first-order valence-corrected chi connectivity index (χ1v) is 8.13. The van der Waals surface area contributed by atoms with Crippen LogP contribution < -0.4 is 5.32 Å². The standard InChI is InChI=1S/C14H16BNO7S/c17-12(5-8-3-4-24-7-8)16-11-2-1-10(23-15(11)22)9(14(20)21)6-13(18)19/h3-4,6-7,10-11,22H,1-2,5H2,(H,16,17)(H,18,19)(H,20,21). The maximum atomic E-state index is 11.9. The van der Waals surface area contributed by atoms with Gasteiger partial charge >= 0.3 is 19.1 Å². The van der Waals surface area contributed by atoms with Crippen molar-refractivity contribution in [2.75, 3.05) is 0 Å². The Kier molecular flexibility index (Phi) is 6.13. The van der Waals surface area contributed by atoms with E-state index in [9.17, 15) is 19.4 Å². The van der Waals surface area contributed by atoms with Crippen LogP contribution in [-0.2, 0) is 25.5 Å². The number of rotatable bonds is 6. The lowest BCUT2D eigenvalue weighted by Crippen LogP contribution is -2.53. The van der Waals surface area contributed by atoms with Crippen molar-refractivity contribution in [2.24, 2.45) is 0 Å². The molecule has 24 heavy (non-hydrogen) atoms. The van der Waals surface area contributed by atoms with Crippen LogP contribution in [0.3, 0.4) is 0 Å². The number of amides is 1. The number of thiophene rings is 1. The van der Waals surface area contributed by atoms with Gasteiger partial charge in [0, 0.05) is 6.08 Å². The van der Waals surface area contributed by atoms with E-state index in [1.165, 1.54) is 11.3 Å². The van der Waals surface area contributed by atoms with Crippen molar-refractivity contribution in [1.29, 1.82) is 0 Å².